The van der Waals surface area contributed by atoms with Gasteiger partial charge in [0.25, 0.3) is 5.22 Å². The normalized spacial score (nSPS) is 19.0. The molecule has 1 saturated heterocycles. The molecule has 1 fully saturated rings. The van der Waals surface area contributed by atoms with Gasteiger partial charge in [0.05, 0.1) is 23.2 Å². The van der Waals surface area contributed by atoms with Crippen LogP contribution in [0.15, 0.2) is 33.9 Å². The monoisotopic (exact) mass is 385 g/mol. The second-order valence-electron chi connectivity index (χ2n) is 5.70. The number of hydrogen-bond acceptors (Lipinski definition) is 7. The fourth-order valence-corrected chi connectivity index (χ4v) is 4.75. The maximum atomic E-state index is 12.8. The van der Waals surface area contributed by atoms with Gasteiger partial charge in [-0.2, -0.15) is 0 Å². The highest BCUT2D eigenvalue weighted by atomic mass is 32.2. The van der Waals surface area contributed by atoms with Crippen LogP contribution in [0.5, 0.6) is 0 Å². The van der Waals surface area contributed by atoms with Gasteiger partial charge in [-0.15, -0.1) is 10.2 Å². The minimum Gasteiger partial charge on any atom is -0.416 e. The summed E-state index contributed by atoms with van der Waals surface area (Å²) in [7, 11) is -3.02. The molecule has 2 heterocycles. The fourth-order valence-electron chi connectivity index (χ4n) is 2.41. The Morgan fingerprint density at radius 1 is 1.32 bits per heavy atom. The summed E-state index contributed by atoms with van der Waals surface area (Å²) in [5.41, 5.74) is 0.794. The van der Waals surface area contributed by atoms with Crippen LogP contribution in [0.25, 0.3) is 0 Å². The van der Waals surface area contributed by atoms with Crippen molar-refractivity contribution in [3.8, 4) is 0 Å². The van der Waals surface area contributed by atoms with Gasteiger partial charge in [0.1, 0.15) is 5.82 Å². The maximum absolute atomic E-state index is 12.8. The number of benzene rings is 1. The van der Waals surface area contributed by atoms with Crippen LogP contribution in [-0.4, -0.2) is 41.8 Å². The van der Waals surface area contributed by atoms with Gasteiger partial charge in [-0.05, 0) is 24.1 Å². The first-order valence-electron chi connectivity index (χ1n) is 7.59. The lowest BCUT2D eigenvalue weighted by atomic mass is 10.1. The van der Waals surface area contributed by atoms with Crippen LogP contribution in [-0.2, 0) is 21.2 Å². The SMILES string of the molecule is O=C(CSc1nnc([C@@H]2CCS(=O)(=O)C2)o1)NCc1ccc(F)cc1. The van der Waals surface area contributed by atoms with E-state index in [1.165, 1.54) is 12.1 Å². The summed E-state index contributed by atoms with van der Waals surface area (Å²) in [6.45, 7) is 0.300. The summed E-state index contributed by atoms with van der Waals surface area (Å²) in [4.78, 5) is 11.8. The predicted octanol–water partition coefficient (Wildman–Crippen LogP) is 1.52. The molecule has 0 bridgehead atoms. The Bertz CT molecular complexity index is 852. The molecule has 1 aliphatic heterocycles. The molecule has 2 aromatic rings. The third kappa shape index (κ3) is 5.02. The summed E-state index contributed by atoms with van der Waals surface area (Å²) in [6, 6.07) is 5.87. The van der Waals surface area contributed by atoms with Gasteiger partial charge < -0.3 is 9.73 Å². The van der Waals surface area contributed by atoms with Crippen LogP contribution in [0, 0.1) is 5.82 Å². The van der Waals surface area contributed by atoms with Crippen molar-refractivity contribution in [2.75, 3.05) is 17.3 Å². The van der Waals surface area contributed by atoms with E-state index in [2.05, 4.69) is 15.5 Å². The number of rotatable bonds is 6. The van der Waals surface area contributed by atoms with E-state index in [0.29, 0.717) is 18.9 Å². The highest BCUT2D eigenvalue weighted by Gasteiger charge is 2.32. The number of sulfone groups is 1. The Balaban J connectivity index is 1.45. The van der Waals surface area contributed by atoms with E-state index in [-0.39, 0.29) is 40.1 Å². The number of aromatic nitrogens is 2. The molecule has 134 valence electrons. The highest BCUT2D eigenvalue weighted by Crippen LogP contribution is 2.29. The Morgan fingerprint density at radius 2 is 2.08 bits per heavy atom. The minimum atomic E-state index is -3.02. The number of amides is 1. The van der Waals surface area contributed by atoms with E-state index in [4.69, 9.17) is 4.42 Å². The van der Waals surface area contributed by atoms with Gasteiger partial charge in [-0.3, -0.25) is 4.79 Å². The van der Waals surface area contributed by atoms with Crippen molar-refractivity contribution in [1.29, 1.82) is 0 Å². The maximum Gasteiger partial charge on any atom is 0.277 e. The molecule has 10 heteroatoms. The van der Waals surface area contributed by atoms with Crippen LogP contribution in [0.2, 0.25) is 0 Å². The number of hydrogen-bond donors (Lipinski definition) is 1. The van der Waals surface area contributed by atoms with Gasteiger partial charge in [-0.1, -0.05) is 23.9 Å². The Morgan fingerprint density at radius 3 is 2.76 bits per heavy atom. The first-order chi connectivity index (χ1) is 11.9. The van der Waals surface area contributed by atoms with E-state index in [9.17, 15) is 17.6 Å². The summed E-state index contributed by atoms with van der Waals surface area (Å²) < 4.78 is 41.2. The molecular formula is C15H16FN3O4S2. The molecular weight excluding hydrogens is 369 g/mol. The molecule has 7 nitrogen and oxygen atoms in total. The minimum absolute atomic E-state index is 0.0253. The summed E-state index contributed by atoms with van der Waals surface area (Å²) in [5.74, 6) is -0.266. The Hall–Kier alpha value is -1.94. The summed E-state index contributed by atoms with van der Waals surface area (Å²) in [5, 5.41) is 10.7. The second-order valence-corrected chi connectivity index (χ2v) is 8.85. The topological polar surface area (TPSA) is 102 Å². The zero-order chi connectivity index (χ0) is 17.9. The van der Waals surface area contributed by atoms with E-state index in [0.717, 1.165) is 17.3 Å². The molecule has 3 rings (SSSR count). The van der Waals surface area contributed by atoms with Gasteiger partial charge in [-0.25, -0.2) is 12.8 Å². The summed E-state index contributed by atoms with van der Waals surface area (Å²) in [6.07, 6.45) is 0.479. The van der Waals surface area contributed by atoms with Gasteiger partial charge in [0.2, 0.25) is 11.8 Å². The number of thioether (sulfide) groups is 1. The quantitative estimate of drug-likeness (QED) is 0.752. The van der Waals surface area contributed by atoms with E-state index < -0.39 is 9.84 Å². The largest absolute Gasteiger partial charge is 0.416 e. The zero-order valence-electron chi connectivity index (χ0n) is 13.1. The molecule has 0 radical (unpaired) electrons. The van der Waals surface area contributed by atoms with Crippen molar-refractivity contribution in [1.82, 2.24) is 15.5 Å². The lowest BCUT2D eigenvalue weighted by molar-refractivity contribution is -0.118. The molecule has 0 saturated carbocycles. The van der Waals surface area contributed by atoms with E-state index >= 15 is 0 Å². The predicted molar refractivity (Wildman–Crippen MR) is 89.3 cm³/mol. The highest BCUT2D eigenvalue weighted by molar-refractivity contribution is 7.99. The zero-order valence-corrected chi connectivity index (χ0v) is 14.8. The van der Waals surface area contributed by atoms with Gasteiger partial charge in [0, 0.05) is 6.54 Å². The molecule has 1 N–H and O–H groups in total. The van der Waals surface area contributed by atoms with E-state index in [1.807, 2.05) is 0 Å². The number of nitrogens with one attached hydrogen (secondary N) is 1. The first-order valence-corrected chi connectivity index (χ1v) is 10.4. The van der Waals surface area contributed by atoms with Gasteiger partial charge >= 0.3 is 0 Å². The molecule has 0 spiro atoms. The van der Waals surface area contributed by atoms with Crippen molar-refractivity contribution < 1.29 is 22.0 Å². The van der Waals surface area contributed by atoms with Crippen molar-refractivity contribution >= 4 is 27.5 Å². The van der Waals surface area contributed by atoms with Crippen molar-refractivity contribution in [2.45, 2.75) is 24.1 Å². The molecule has 1 amide bonds. The van der Waals surface area contributed by atoms with E-state index in [1.54, 1.807) is 12.1 Å². The molecule has 25 heavy (non-hydrogen) atoms. The number of carbonyl (C=O) groups excluding carboxylic acids is 1. The van der Waals surface area contributed by atoms with Crippen molar-refractivity contribution in [3.63, 3.8) is 0 Å². The smallest absolute Gasteiger partial charge is 0.277 e. The Kier molecular flexibility index (Phi) is 5.38. The van der Waals surface area contributed by atoms with Crippen LogP contribution in [0.4, 0.5) is 4.39 Å². The second kappa shape index (κ2) is 7.52. The lowest BCUT2D eigenvalue weighted by Crippen LogP contribution is -2.24. The standard InChI is InChI=1S/C15H16FN3O4S2/c16-12-3-1-10(2-4-12)7-17-13(20)8-24-15-19-18-14(23-15)11-5-6-25(21,22)9-11/h1-4,11H,5-9H2,(H,17,20)/t11-/m1/s1. The van der Waals surface area contributed by atoms with Crippen LogP contribution in [0.3, 0.4) is 0 Å². The summed E-state index contributed by atoms with van der Waals surface area (Å²) >= 11 is 1.08. The average molecular weight is 385 g/mol. The average Bonchev–Trinajstić information content (AvgIpc) is 3.18. The van der Waals surface area contributed by atoms with Crippen LogP contribution in [0.1, 0.15) is 23.8 Å². The van der Waals surface area contributed by atoms with Crippen molar-refractivity contribution in [3.05, 3.63) is 41.5 Å². The Labute approximate surface area is 148 Å². The molecule has 0 aliphatic carbocycles. The van der Waals surface area contributed by atoms with Crippen molar-refractivity contribution in [2.24, 2.45) is 0 Å². The molecule has 1 atom stereocenters. The first kappa shape index (κ1) is 17.9. The van der Waals surface area contributed by atoms with Crippen LogP contribution < -0.4 is 5.32 Å². The lowest BCUT2D eigenvalue weighted by Gasteiger charge is -2.04. The fraction of sp³-hybridized carbons (Fsp3) is 0.400. The molecule has 1 aliphatic rings. The third-order valence-corrected chi connectivity index (χ3v) is 6.32. The number of halogens is 1. The van der Waals surface area contributed by atoms with Crippen LogP contribution >= 0.6 is 11.8 Å². The third-order valence-electron chi connectivity index (χ3n) is 3.73. The van der Waals surface area contributed by atoms with Gasteiger partial charge in [0.15, 0.2) is 9.84 Å². The number of carbonyl (C=O) groups is 1. The molecule has 1 aromatic carbocycles. The number of nitrogens with zero attached hydrogens (tertiary/aromatic N) is 2. The molecule has 1 aromatic heterocycles. The molecule has 0 unspecified atom stereocenters.